The van der Waals surface area contributed by atoms with Gasteiger partial charge in [-0.25, -0.2) is 0 Å². The molecule has 2 fully saturated rings. The van der Waals surface area contributed by atoms with E-state index in [1.165, 1.54) is 0 Å². The van der Waals surface area contributed by atoms with Crippen molar-refractivity contribution < 1.29 is 9.59 Å². The normalized spacial score (nSPS) is 21.5. The minimum Gasteiger partial charge on any atom is -0.349 e. The van der Waals surface area contributed by atoms with E-state index >= 15 is 0 Å². The molecule has 3 N–H and O–H groups in total. The molecule has 2 amide bonds. The quantitative estimate of drug-likeness (QED) is 0.770. The Morgan fingerprint density at radius 3 is 2.75 bits per heavy atom. The SMILES string of the molecule is O=C(NC1CC1)c1cccc(NC(=O)C2CCNC2)c1. The van der Waals surface area contributed by atoms with Crippen LogP contribution in [-0.2, 0) is 4.79 Å². The van der Waals surface area contributed by atoms with E-state index in [0.717, 1.165) is 32.4 Å². The summed E-state index contributed by atoms with van der Waals surface area (Å²) in [5.74, 6) is -0.0140. The van der Waals surface area contributed by atoms with Crippen molar-refractivity contribution in [1.82, 2.24) is 10.6 Å². The second-order valence-electron chi connectivity index (χ2n) is 5.51. The summed E-state index contributed by atoms with van der Waals surface area (Å²) in [5, 5.41) is 9.01. The summed E-state index contributed by atoms with van der Waals surface area (Å²) in [5.41, 5.74) is 1.28. The highest BCUT2D eigenvalue weighted by Crippen LogP contribution is 2.20. The highest BCUT2D eigenvalue weighted by atomic mass is 16.2. The molecule has 20 heavy (non-hydrogen) atoms. The number of anilines is 1. The smallest absolute Gasteiger partial charge is 0.251 e. The Balaban J connectivity index is 1.63. The molecule has 1 heterocycles. The monoisotopic (exact) mass is 273 g/mol. The first kappa shape index (κ1) is 13.1. The molecule has 5 nitrogen and oxygen atoms in total. The Labute approximate surface area is 118 Å². The van der Waals surface area contributed by atoms with Crippen molar-refractivity contribution in [3.05, 3.63) is 29.8 Å². The van der Waals surface area contributed by atoms with Crippen LogP contribution in [0.3, 0.4) is 0 Å². The number of amides is 2. The molecule has 3 rings (SSSR count). The van der Waals surface area contributed by atoms with Crippen LogP contribution in [0.15, 0.2) is 24.3 Å². The molecule has 2 aliphatic rings. The average molecular weight is 273 g/mol. The van der Waals surface area contributed by atoms with Crippen LogP contribution in [0.4, 0.5) is 5.69 Å². The van der Waals surface area contributed by atoms with Gasteiger partial charge in [-0.3, -0.25) is 9.59 Å². The van der Waals surface area contributed by atoms with Crippen molar-refractivity contribution in [3.63, 3.8) is 0 Å². The molecular weight excluding hydrogens is 254 g/mol. The van der Waals surface area contributed by atoms with Gasteiger partial charge in [-0.2, -0.15) is 0 Å². The lowest BCUT2D eigenvalue weighted by Crippen LogP contribution is -2.26. The van der Waals surface area contributed by atoms with Crippen molar-refractivity contribution in [1.29, 1.82) is 0 Å². The molecule has 1 aliphatic carbocycles. The van der Waals surface area contributed by atoms with E-state index in [-0.39, 0.29) is 17.7 Å². The van der Waals surface area contributed by atoms with Gasteiger partial charge in [0.2, 0.25) is 5.91 Å². The van der Waals surface area contributed by atoms with Gasteiger partial charge in [0.15, 0.2) is 0 Å². The van der Waals surface area contributed by atoms with Crippen molar-refractivity contribution >= 4 is 17.5 Å². The van der Waals surface area contributed by atoms with Gasteiger partial charge in [-0.1, -0.05) is 6.07 Å². The van der Waals surface area contributed by atoms with Crippen LogP contribution in [-0.4, -0.2) is 30.9 Å². The Morgan fingerprint density at radius 1 is 1.20 bits per heavy atom. The maximum Gasteiger partial charge on any atom is 0.251 e. The second-order valence-corrected chi connectivity index (χ2v) is 5.51. The molecule has 1 saturated heterocycles. The van der Waals surface area contributed by atoms with Crippen molar-refractivity contribution in [3.8, 4) is 0 Å². The second kappa shape index (κ2) is 5.63. The number of rotatable bonds is 4. The Hall–Kier alpha value is -1.88. The average Bonchev–Trinajstić information content (AvgIpc) is 3.08. The van der Waals surface area contributed by atoms with E-state index in [2.05, 4.69) is 16.0 Å². The number of carbonyl (C=O) groups excluding carboxylic acids is 2. The van der Waals surface area contributed by atoms with Gasteiger partial charge in [0.25, 0.3) is 5.91 Å². The van der Waals surface area contributed by atoms with Crippen LogP contribution in [0.2, 0.25) is 0 Å². The molecule has 1 aromatic carbocycles. The standard InChI is InChI=1S/C15H19N3O2/c19-14(17-12-4-5-12)10-2-1-3-13(8-10)18-15(20)11-6-7-16-9-11/h1-3,8,11-12,16H,4-7,9H2,(H,17,19)(H,18,20). The van der Waals surface area contributed by atoms with E-state index in [1.807, 2.05) is 6.07 Å². The molecule has 0 bridgehead atoms. The van der Waals surface area contributed by atoms with Gasteiger partial charge in [0, 0.05) is 23.8 Å². The van der Waals surface area contributed by atoms with Gasteiger partial charge >= 0.3 is 0 Å². The summed E-state index contributed by atoms with van der Waals surface area (Å²) in [6.07, 6.45) is 3.00. The summed E-state index contributed by atoms with van der Waals surface area (Å²) >= 11 is 0. The maximum atomic E-state index is 12.0. The van der Waals surface area contributed by atoms with Gasteiger partial charge in [0.05, 0.1) is 5.92 Å². The van der Waals surface area contributed by atoms with E-state index in [0.29, 0.717) is 17.3 Å². The van der Waals surface area contributed by atoms with Crippen LogP contribution >= 0.6 is 0 Å². The molecule has 5 heteroatoms. The van der Waals surface area contributed by atoms with Crippen molar-refractivity contribution in [2.45, 2.75) is 25.3 Å². The van der Waals surface area contributed by atoms with Gasteiger partial charge in [0.1, 0.15) is 0 Å². The van der Waals surface area contributed by atoms with Gasteiger partial charge in [-0.05, 0) is 44.0 Å². The number of hydrogen-bond acceptors (Lipinski definition) is 3. The zero-order chi connectivity index (χ0) is 13.9. The minimum absolute atomic E-state index is 0.0229. The Kier molecular flexibility index (Phi) is 3.69. The van der Waals surface area contributed by atoms with Crippen molar-refractivity contribution in [2.75, 3.05) is 18.4 Å². The predicted octanol–water partition coefficient (Wildman–Crippen LogP) is 1.13. The van der Waals surface area contributed by atoms with Crippen LogP contribution in [0.5, 0.6) is 0 Å². The zero-order valence-electron chi connectivity index (χ0n) is 11.3. The lowest BCUT2D eigenvalue weighted by Gasteiger charge is -2.11. The topological polar surface area (TPSA) is 70.2 Å². The lowest BCUT2D eigenvalue weighted by molar-refractivity contribution is -0.119. The van der Waals surface area contributed by atoms with Crippen LogP contribution in [0.25, 0.3) is 0 Å². The molecule has 1 unspecified atom stereocenters. The number of hydrogen-bond donors (Lipinski definition) is 3. The van der Waals surface area contributed by atoms with E-state index in [4.69, 9.17) is 0 Å². The third kappa shape index (κ3) is 3.17. The maximum absolute atomic E-state index is 12.0. The van der Waals surface area contributed by atoms with E-state index in [9.17, 15) is 9.59 Å². The number of benzene rings is 1. The molecular formula is C15H19N3O2. The number of carbonyl (C=O) groups is 2. The van der Waals surface area contributed by atoms with Crippen LogP contribution in [0.1, 0.15) is 29.6 Å². The first-order valence-corrected chi connectivity index (χ1v) is 7.15. The third-order valence-corrected chi connectivity index (χ3v) is 3.74. The molecule has 1 atom stereocenters. The minimum atomic E-state index is -0.0638. The van der Waals surface area contributed by atoms with Gasteiger partial charge < -0.3 is 16.0 Å². The van der Waals surface area contributed by atoms with E-state index in [1.54, 1.807) is 18.2 Å². The van der Waals surface area contributed by atoms with Crippen molar-refractivity contribution in [2.24, 2.45) is 5.92 Å². The lowest BCUT2D eigenvalue weighted by atomic mass is 10.1. The summed E-state index contributed by atoms with van der Waals surface area (Å²) in [6.45, 7) is 1.62. The largest absolute Gasteiger partial charge is 0.349 e. The summed E-state index contributed by atoms with van der Waals surface area (Å²) in [4.78, 5) is 24.0. The third-order valence-electron chi connectivity index (χ3n) is 3.74. The zero-order valence-corrected chi connectivity index (χ0v) is 11.3. The number of nitrogens with one attached hydrogen (secondary N) is 3. The molecule has 0 radical (unpaired) electrons. The molecule has 106 valence electrons. The first-order chi connectivity index (χ1) is 9.72. The fourth-order valence-electron chi connectivity index (χ4n) is 2.36. The summed E-state index contributed by atoms with van der Waals surface area (Å²) in [6, 6.07) is 7.45. The summed E-state index contributed by atoms with van der Waals surface area (Å²) < 4.78 is 0. The Bertz CT molecular complexity index is 520. The van der Waals surface area contributed by atoms with E-state index < -0.39 is 0 Å². The molecule has 0 aromatic heterocycles. The fourth-order valence-corrected chi connectivity index (χ4v) is 2.36. The predicted molar refractivity (Wildman–Crippen MR) is 76.5 cm³/mol. The molecule has 1 aliphatic heterocycles. The molecule has 1 aromatic rings. The first-order valence-electron chi connectivity index (χ1n) is 7.15. The molecule has 0 spiro atoms. The highest BCUT2D eigenvalue weighted by molar-refractivity contribution is 5.98. The Morgan fingerprint density at radius 2 is 2.05 bits per heavy atom. The van der Waals surface area contributed by atoms with Crippen LogP contribution < -0.4 is 16.0 Å². The summed E-state index contributed by atoms with van der Waals surface area (Å²) in [7, 11) is 0. The fraction of sp³-hybridized carbons (Fsp3) is 0.467. The van der Waals surface area contributed by atoms with Crippen LogP contribution in [0, 0.1) is 5.92 Å². The highest BCUT2D eigenvalue weighted by Gasteiger charge is 2.24. The van der Waals surface area contributed by atoms with Gasteiger partial charge in [-0.15, -0.1) is 0 Å². The molecule has 1 saturated carbocycles.